The van der Waals surface area contributed by atoms with Crippen molar-refractivity contribution in [3.05, 3.63) is 35.1 Å². The molecule has 0 radical (unpaired) electrons. The molecule has 1 aliphatic rings. The van der Waals surface area contributed by atoms with E-state index in [1.807, 2.05) is 13.1 Å². The second-order valence-electron chi connectivity index (χ2n) is 3.38. The lowest BCUT2D eigenvalue weighted by molar-refractivity contribution is -0.126. The quantitative estimate of drug-likeness (QED) is 0.660. The first-order valence-corrected chi connectivity index (χ1v) is 4.60. The molecule has 0 fully saturated rings. The number of carbonyl (C=O) groups excluding carboxylic acids is 1. The van der Waals surface area contributed by atoms with E-state index >= 15 is 0 Å². The van der Waals surface area contributed by atoms with Crippen LogP contribution in [-0.4, -0.2) is 25.5 Å². The summed E-state index contributed by atoms with van der Waals surface area (Å²) in [6, 6.07) is 5.28. The van der Waals surface area contributed by atoms with Gasteiger partial charge >= 0.3 is 0 Å². The highest BCUT2D eigenvalue weighted by atomic mass is 19.1. The number of carbonyl (C=O) groups is 1. The predicted molar refractivity (Wildman–Crippen MR) is 54.6 cm³/mol. The number of nitrogens with zero attached hydrogens (tertiary/aromatic N) is 1. The Labute approximate surface area is 88.5 Å². The lowest BCUT2D eigenvalue weighted by Gasteiger charge is -2.02. The maximum atomic E-state index is 13.0. The summed E-state index contributed by atoms with van der Waals surface area (Å²) in [6.07, 6.45) is 0. The van der Waals surface area contributed by atoms with Crippen molar-refractivity contribution in [2.75, 3.05) is 14.2 Å². The number of ether oxygens (including phenoxy) is 1. The Morgan fingerprint density at radius 2 is 2.13 bits per heavy atom. The summed E-state index contributed by atoms with van der Waals surface area (Å²) >= 11 is 0. The molecule has 82 valence electrons. The SMILES string of the molecule is CN1Cc2cccc(F)c2C1.COC=O. The van der Waals surface area contributed by atoms with Gasteiger partial charge in [0.15, 0.2) is 0 Å². The van der Waals surface area contributed by atoms with Gasteiger partial charge in [-0.1, -0.05) is 12.1 Å². The van der Waals surface area contributed by atoms with Gasteiger partial charge in [-0.3, -0.25) is 9.69 Å². The van der Waals surface area contributed by atoms with E-state index in [0.29, 0.717) is 6.47 Å². The molecule has 0 aromatic heterocycles. The normalized spacial score (nSPS) is 13.8. The van der Waals surface area contributed by atoms with Gasteiger partial charge in [0, 0.05) is 18.7 Å². The van der Waals surface area contributed by atoms with Crippen molar-refractivity contribution in [1.82, 2.24) is 4.90 Å². The molecule has 15 heavy (non-hydrogen) atoms. The molecular weight excluding hydrogens is 197 g/mol. The summed E-state index contributed by atoms with van der Waals surface area (Å²) in [6.45, 7) is 2.01. The Bertz CT molecular complexity index is 341. The predicted octanol–water partition coefficient (Wildman–Crippen LogP) is 1.56. The van der Waals surface area contributed by atoms with E-state index in [1.54, 1.807) is 6.07 Å². The third-order valence-corrected chi connectivity index (χ3v) is 2.18. The topological polar surface area (TPSA) is 29.5 Å². The summed E-state index contributed by atoms with van der Waals surface area (Å²) in [5.41, 5.74) is 2.00. The number of rotatable bonds is 1. The van der Waals surface area contributed by atoms with Gasteiger partial charge in [-0.25, -0.2) is 4.39 Å². The molecule has 1 aromatic carbocycles. The molecule has 1 aromatic rings. The maximum Gasteiger partial charge on any atom is 0.292 e. The zero-order chi connectivity index (χ0) is 11.3. The fourth-order valence-corrected chi connectivity index (χ4v) is 1.55. The van der Waals surface area contributed by atoms with Crippen LogP contribution in [0.2, 0.25) is 0 Å². The highest BCUT2D eigenvalue weighted by Gasteiger charge is 2.17. The zero-order valence-corrected chi connectivity index (χ0v) is 8.87. The summed E-state index contributed by atoms with van der Waals surface area (Å²) < 4.78 is 16.9. The summed E-state index contributed by atoms with van der Waals surface area (Å²) in [7, 11) is 3.31. The largest absolute Gasteiger partial charge is 0.471 e. The third-order valence-electron chi connectivity index (χ3n) is 2.18. The summed E-state index contributed by atoms with van der Waals surface area (Å²) in [4.78, 5) is 11.1. The van der Waals surface area contributed by atoms with Crippen LogP contribution in [0.1, 0.15) is 11.1 Å². The van der Waals surface area contributed by atoms with E-state index in [-0.39, 0.29) is 5.82 Å². The summed E-state index contributed by atoms with van der Waals surface area (Å²) in [5, 5.41) is 0. The molecule has 0 unspecified atom stereocenters. The number of hydrogen-bond donors (Lipinski definition) is 0. The van der Waals surface area contributed by atoms with Crippen molar-refractivity contribution < 1.29 is 13.9 Å². The first-order chi connectivity index (χ1) is 7.19. The molecule has 0 spiro atoms. The van der Waals surface area contributed by atoms with Crippen molar-refractivity contribution in [3.8, 4) is 0 Å². The van der Waals surface area contributed by atoms with Crippen LogP contribution in [0.25, 0.3) is 0 Å². The Balaban J connectivity index is 0.000000245. The molecule has 0 saturated carbocycles. The second kappa shape index (κ2) is 5.46. The fourth-order valence-electron chi connectivity index (χ4n) is 1.55. The molecule has 4 heteroatoms. The lowest BCUT2D eigenvalue weighted by atomic mass is 10.1. The van der Waals surface area contributed by atoms with Crippen LogP contribution in [0.3, 0.4) is 0 Å². The van der Waals surface area contributed by atoms with Crippen LogP contribution < -0.4 is 0 Å². The van der Waals surface area contributed by atoms with E-state index in [0.717, 1.165) is 24.2 Å². The average molecular weight is 211 g/mol. The Kier molecular flexibility index (Phi) is 4.24. The Morgan fingerprint density at radius 3 is 2.67 bits per heavy atom. The first-order valence-electron chi connectivity index (χ1n) is 4.60. The Hall–Kier alpha value is -1.42. The average Bonchev–Trinajstić information content (AvgIpc) is 2.61. The van der Waals surface area contributed by atoms with Crippen LogP contribution in [0.5, 0.6) is 0 Å². The van der Waals surface area contributed by atoms with Crippen LogP contribution in [0, 0.1) is 5.82 Å². The molecule has 1 aliphatic heterocycles. The Morgan fingerprint density at radius 1 is 1.47 bits per heavy atom. The molecule has 0 saturated heterocycles. The van der Waals surface area contributed by atoms with Crippen molar-refractivity contribution in [2.24, 2.45) is 0 Å². The molecule has 1 heterocycles. The minimum atomic E-state index is -0.0631. The monoisotopic (exact) mass is 211 g/mol. The number of methoxy groups -OCH3 is 1. The van der Waals surface area contributed by atoms with Crippen molar-refractivity contribution in [3.63, 3.8) is 0 Å². The highest BCUT2D eigenvalue weighted by Crippen LogP contribution is 2.23. The van der Waals surface area contributed by atoms with Crippen LogP contribution in [0.4, 0.5) is 4.39 Å². The molecule has 0 atom stereocenters. The smallest absolute Gasteiger partial charge is 0.292 e. The molecule has 2 rings (SSSR count). The van der Waals surface area contributed by atoms with Gasteiger partial charge < -0.3 is 4.74 Å². The standard InChI is InChI=1S/C9H10FN.C2H4O2/c1-11-5-7-3-2-4-9(10)8(7)6-11;1-4-2-3/h2-4H,5-6H2,1H3;2H,1H3. The first kappa shape index (κ1) is 11.7. The van der Waals surface area contributed by atoms with E-state index in [2.05, 4.69) is 9.64 Å². The molecule has 0 amide bonds. The van der Waals surface area contributed by atoms with Gasteiger partial charge in [-0.05, 0) is 18.7 Å². The lowest BCUT2D eigenvalue weighted by Crippen LogP contribution is -2.07. The van der Waals surface area contributed by atoms with Gasteiger partial charge in [0.25, 0.3) is 6.47 Å². The fraction of sp³-hybridized carbons (Fsp3) is 0.364. The summed E-state index contributed by atoms with van der Waals surface area (Å²) in [5.74, 6) is -0.0631. The van der Waals surface area contributed by atoms with Gasteiger partial charge in [-0.2, -0.15) is 0 Å². The van der Waals surface area contributed by atoms with Gasteiger partial charge in [0.05, 0.1) is 7.11 Å². The molecule has 0 bridgehead atoms. The van der Waals surface area contributed by atoms with E-state index in [4.69, 9.17) is 4.79 Å². The highest BCUT2D eigenvalue weighted by molar-refractivity contribution is 5.36. The van der Waals surface area contributed by atoms with Gasteiger partial charge in [0.1, 0.15) is 5.82 Å². The van der Waals surface area contributed by atoms with E-state index < -0.39 is 0 Å². The van der Waals surface area contributed by atoms with E-state index in [1.165, 1.54) is 13.2 Å². The minimum absolute atomic E-state index is 0.0631. The van der Waals surface area contributed by atoms with Crippen molar-refractivity contribution >= 4 is 6.47 Å². The number of hydrogen-bond acceptors (Lipinski definition) is 3. The zero-order valence-electron chi connectivity index (χ0n) is 8.87. The van der Waals surface area contributed by atoms with Crippen LogP contribution >= 0.6 is 0 Å². The number of benzene rings is 1. The van der Waals surface area contributed by atoms with Crippen molar-refractivity contribution in [2.45, 2.75) is 13.1 Å². The van der Waals surface area contributed by atoms with Gasteiger partial charge in [0.2, 0.25) is 0 Å². The second-order valence-corrected chi connectivity index (χ2v) is 3.38. The molecule has 0 N–H and O–H groups in total. The molecular formula is C11H14FNO2. The van der Waals surface area contributed by atoms with Crippen LogP contribution in [0.15, 0.2) is 18.2 Å². The molecule has 3 nitrogen and oxygen atoms in total. The van der Waals surface area contributed by atoms with E-state index in [9.17, 15) is 4.39 Å². The number of fused-ring (bicyclic) bond motifs is 1. The maximum absolute atomic E-state index is 13.0. The van der Waals surface area contributed by atoms with Gasteiger partial charge in [-0.15, -0.1) is 0 Å². The third kappa shape index (κ3) is 3.02. The minimum Gasteiger partial charge on any atom is -0.471 e. The molecule has 0 aliphatic carbocycles. The van der Waals surface area contributed by atoms with Crippen LogP contribution in [-0.2, 0) is 22.6 Å². The number of halogens is 1. The van der Waals surface area contributed by atoms with Crippen molar-refractivity contribution in [1.29, 1.82) is 0 Å².